The third-order valence-electron chi connectivity index (χ3n) is 2.71. The van der Waals surface area contributed by atoms with E-state index in [1.807, 2.05) is 0 Å². The standard InChI is InChI=1S/C12H11F3O4/c13-12(14,15)8-2-3-9-11(19-6-5-18-9)7(8)1-4-10(16)17/h2-3H,1,4-6H2,(H,16,17). The Morgan fingerprint density at radius 2 is 1.95 bits per heavy atom. The summed E-state index contributed by atoms with van der Waals surface area (Å²) in [5.74, 6) is -0.940. The fourth-order valence-electron chi connectivity index (χ4n) is 1.92. The molecule has 0 amide bonds. The van der Waals surface area contributed by atoms with Gasteiger partial charge in [0.1, 0.15) is 13.2 Å². The lowest BCUT2D eigenvalue weighted by molar-refractivity contribution is -0.140. The Bertz CT molecular complexity index is 496. The molecule has 0 aromatic heterocycles. The molecule has 7 heteroatoms. The summed E-state index contributed by atoms with van der Waals surface area (Å²) in [7, 11) is 0. The highest BCUT2D eigenvalue weighted by Crippen LogP contribution is 2.42. The maximum absolute atomic E-state index is 12.9. The van der Waals surface area contributed by atoms with Crippen LogP contribution in [0.1, 0.15) is 17.5 Å². The van der Waals surface area contributed by atoms with Gasteiger partial charge in [-0.15, -0.1) is 0 Å². The van der Waals surface area contributed by atoms with E-state index in [9.17, 15) is 18.0 Å². The monoisotopic (exact) mass is 276 g/mol. The summed E-state index contributed by atoms with van der Waals surface area (Å²) < 4.78 is 49.1. The number of aliphatic carboxylic acids is 1. The van der Waals surface area contributed by atoms with Crippen LogP contribution in [-0.2, 0) is 17.4 Å². The quantitative estimate of drug-likeness (QED) is 0.921. The molecule has 2 rings (SSSR count). The second-order valence-corrected chi connectivity index (χ2v) is 4.01. The number of hydrogen-bond donors (Lipinski definition) is 1. The number of carboxylic acid groups (broad SMARTS) is 1. The van der Waals surface area contributed by atoms with Crippen LogP contribution in [0, 0.1) is 0 Å². The number of fused-ring (bicyclic) bond motifs is 1. The van der Waals surface area contributed by atoms with Gasteiger partial charge in [0, 0.05) is 12.0 Å². The fraction of sp³-hybridized carbons (Fsp3) is 0.417. The van der Waals surface area contributed by atoms with Crippen molar-refractivity contribution in [2.45, 2.75) is 19.0 Å². The second-order valence-electron chi connectivity index (χ2n) is 4.01. The number of halogens is 3. The van der Waals surface area contributed by atoms with E-state index in [2.05, 4.69) is 0 Å². The zero-order chi connectivity index (χ0) is 14.0. The van der Waals surface area contributed by atoms with E-state index in [1.54, 1.807) is 0 Å². The van der Waals surface area contributed by atoms with Crippen molar-refractivity contribution in [3.63, 3.8) is 0 Å². The van der Waals surface area contributed by atoms with E-state index in [0.717, 1.165) is 6.07 Å². The predicted octanol–water partition coefficient (Wildman–Crippen LogP) is 2.49. The molecule has 0 bridgehead atoms. The lowest BCUT2D eigenvalue weighted by Gasteiger charge is -2.23. The zero-order valence-electron chi connectivity index (χ0n) is 9.79. The average Bonchev–Trinajstić information content (AvgIpc) is 2.34. The first kappa shape index (κ1) is 13.5. The molecule has 0 saturated heterocycles. The third kappa shape index (κ3) is 2.91. The van der Waals surface area contributed by atoms with Crippen LogP contribution >= 0.6 is 0 Å². The number of ether oxygens (including phenoxy) is 2. The number of carbonyl (C=O) groups is 1. The van der Waals surface area contributed by atoms with Gasteiger partial charge in [-0.3, -0.25) is 4.79 Å². The molecule has 1 aliphatic heterocycles. The van der Waals surface area contributed by atoms with Crippen molar-refractivity contribution in [3.8, 4) is 11.5 Å². The zero-order valence-corrected chi connectivity index (χ0v) is 9.79. The van der Waals surface area contributed by atoms with Crippen LogP contribution in [0.2, 0.25) is 0 Å². The summed E-state index contributed by atoms with van der Waals surface area (Å²) >= 11 is 0. The van der Waals surface area contributed by atoms with Crippen LogP contribution in [0.4, 0.5) is 13.2 Å². The van der Waals surface area contributed by atoms with E-state index in [0.29, 0.717) is 0 Å². The molecule has 0 radical (unpaired) electrons. The van der Waals surface area contributed by atoms with Crippen LogP contribution in [0.15, 0.2) is 12.1 Å². The van der Waals surface area contributed by atoms with Gasteiger partial charge >= 0.3 is 12.1 Å². The maximum Gasteiger partial charge on any atom is 0.416 e. The largest absolute Gasteiger partial charge is 0.486 e. The Kier molecular flexibility index (Phi) is 3.55. The first-order valence-electron chi connectivity index (χ1n) is 5.60. The molecule has 0 fully saturated rings. The molecule has 1 aliphatic rings. The minimum atomic E-state index is -4.55. The van der Waals surface area contributed by atoms with Crippen LogP contribution < -0.4 is 9.47 Å². The van der Waals surface area contributed by atoms with Gasteiger partial charge in [-0.25, -0.2) is 0 Å². The van der Waals surface area contributed by atoms with Crippen LogP contribution in [-0.4, -0.2) is 24.3 Å². The Labute approximate surface area is 106 Å². The Balaban J connectivity index is 2.46. The molecule has 4 nitrogen and oxygen atoms in total. The molecular formula is C12H11F3O4. The number of benzene rings is 1. The second kappa shape index (κ2) is 4.99. The van der Waals surface area contributed by atoms with Gasteiger partial charge < -0.3 is 14.6 Å². The van der Waals surface area contributed by atoms with E-state index in [1.165, 1.54) is 6.07 Å². The van der Waals surface area contributed by atoms with Gasteiger partial charge in [-0.05, 0) is 18.6 Å². The number of carboxylic acids is 1. The Morgan fingerprint density at radius 1 is 1.26 bits per heavy atom. The Morgan fingerprint density at radius 3 is 2.58 bits per heavy atom. The molecule has 0 unspecified atom stereocenters. The minimum absolute atomic E-state index is 0.00215. The van der Waals surface area contributed by atoms with Crippen LogP contribution in [0.25, 0.3) is 0 Å². The molecule has 0 atom stereocenters. The third-order valence-corrected chi connectivity index (χ3v) is 2.71. The summed E-state index contributed by atoms with van der Waals surface area (Å²) in [6, 6.07) is 2.09. The SMILES string of the molecule is O=C(O)CCc1c(C(F)(F)F)ccc2c1OCCO2. The van der Waals surface area contributed by atoms with Gasteiger partial charge in [0.2, 0.25) is 0 Å². The minimum Gasteiger partial charge on any atom is -0.486 e. The van der Waals surface area contributed by atoms with E-state index in [-0.39, 0.29) is 36.7 Å². The smallest absolute Gasteiger partial charge is 0.416 e. The first-order chi connectivity index (χ1) is 8.89. The lowest BCUT2D eigenvalue weighted by Crippen LogP contribution is -2.19. The van der Waals surface area contributed by atoms with E-state index in [4.69, 9.17) is 14.6 Å². The molecule has 0 aliphatic carbocycles. The number of alkyl halides is 3. The molecule has 19 heavy (non-hydrogen) atoms. The van der Waals surface area contributed by atoms with Crippen molar-refractivity contribution >= 4 is 5.97 Å². The Hall–Kier alpha value is -1.92. The molecule has 104 valence electrons. The number of rotatable bonds is 3. The van der Waals surface area contributed by atoms with E-state index < -0.39 is 24.1 Å². The van der Waals surface area contributed by atoms with Crippen molar-refractivity contribution in [2.24, 2.45) is 0 Å². The molecule has 0 spiro atoms. The summed E-state index contributed by atoms with van der Waals surface area (Å²) in [4.78, 5) is 10.5. The van der Waals surface area contributed by atoms with Gasteiger partial charge in [0.05, 0.1) is 5.56 Å². The molecule has 1 aromatic rings. The molecular weight excluding hydrogens is 265 g/mol. The molecule has 1 heterocycles. The molecule has 0 saturated carbocycles. The summed E-state index contributed by atoms with van der Waals surface area (Å²) in [6.45, 7) is 0.408. The summed E-state index contributed by atoms with van der Waals surface area (Å²) in [6.07, 6.45) is -5.21. The predicted molar refractivity (Wildman–Crippen MR) is 58.4 cm³/mol. The van der Waals surface area contributed by atoms with Gasteiger partial charge in [0.15, 0.2) is 11.5 Å². The van der Waals surface area contributed by atoms with Crippen molar-refractivity contribution < 1.29 is 32.5 Å². The van der Waals surface area contributed by atoms with Gasteiger partial charge in [-0.2, -0.15) is 13.2 Å². The normalized spacial score (nSPS) is 14.3. The van der Waals surface area contributed by atoms with Gasteiger partial charge in [0.25, 0.3) is 0 Å². The van der Waals surface area contributed by atoms with Crippen molar-refractivity contribution in [1.29, 1.82) is 0 Å². The molecule has 1 N–H and O–H groups in total. The first-order valence-corrected chi connectivity index (χ1v) is 5.60. The summed E-state index contributed by atoms with van der Waals surface area (Å²) in [5, 5.41) is 8.62. The lowest BCUT2D eigenvalue weighted by atomic mass is 10.00. The van der Waals surface area contributed by atoms with E-state index >= 15 is 0 Å². The number of hydrogen-bond acceptors (Lipinski definition) is 3. The van der Waals surface area contributed by atoms with Crippen molar-refractivity contribution in [1.82, 2.24) is 0 Å². The topological polar surface area (TPSA) is 55.8 Å². The van der Waals surface area contributed by atoms with Gasteiger partial charge in [-0.1, -0.05) is 0 Å². The van der Waals surface area contributed by atoms with Crippen molar-refractivity contribution in [3.05, 3.63) is 23.3 Å². The average molecular weight is 276 g/mol. The molecule has 1 aromatic carbocycles. The highest BCUT2D eigenvalue weighted by atomic mass is 19.4. The fourth-order valence-corrected chi connectivity index (χ4v) is 1.92. The van der Waals surface area contributed by atoms with Crippen LogP contribution in [0.3, 0.4) is 0 Å². The van der Waals surface area contributed by atoms with Crippen LogP contribution in [0.5, 0.6) is 11.5 Å². The highest BCUT2D eigenvalue weighted by molar-refractivity contribution is 5.67. The summed E-state index contributed by atoms with van der Waals surface area (Å²) in [5.41, 5.74) is -1.04. The highest BCUT2D eigenvalue weighted by Gasteiger charge is 2.36. The maximum atomic E-state index is 12.9. The van der Waals surface area contributed by atoms with Crippen molar-refractivity contribution in [2.75, 3.05) is 13.2 Å².